The Morgan fingerprint density at radius 2 is 2.00 bits per heavy atom. The minimum Gasteiger partial charge on any atom is -0.490 e. The summed E-state index contributed by atoms with van der Waals surface area (Å²) < 4.78 is 37.1. The summed E-state index contributed by atoms with van der Waals surface area (Å²) in [5.41, 5.74) is 6.22. The number of nitrogen functional groups attached to an aromatic ring is 1. The van der Waals surface area contributed by atoms with Crippen molar-refractivity contribution >= 4 is 15.7 Å². The van der Waals surface area contributed by atoms with E-state index in [1.807, 2.05) is 0 Å². The molecule has 112 valence electrons. The van der Waals surface area contributed by atoms with Crippen molar-refractivity contribution in [3.63, 3.8) is 0 Å². The van der Waals surface area contributed by atoms with Crippen molar-refractivity contribution in [1.29, 1.82) is 0 Å². The molecule has 7 heteroatoms. The van der Waals surface area contributed by atoms with Crippen LogP contribution in [-0.2, 0) is 14.8 Å². The number of anilines is 1. The van der Waals surface area contributed by atoms with Crippen molar-refractivity contribution in [1.82, 2.24) is 4.72 Å². The molecule has 0 spiro atoms. The number of benzene rings is 1. The predicted molar refractivity (Wildman–Crippen MR) is 77.1 cm³/mol. The molecule has 0 unspecified atom stereocenters. The standard InChI is InChI=1S/C13H20N2O4S/c14-12-3-1-2-4-13(12)19-9-10-20(16,17)15-11-5-7-18-8-6-11/h1-4,11,15H,5-10,14H2. The van der Waals surface area contributed by atoms with Crippen LogP contribution in [0.3, 0.4) is 0 Å². The van der Waals surface area contributed by atoms with Crippen LogP contribution in [-0.4, -0.2) is 40.0 Å². The van der Waals surface area contributed by atoms with Gasteiger partial charge in [-0.15, -0.1) is 0 Å². The number of para-hydroxylation sites is 2. The van der Waals surface area contributed by atoms with Crippen molar-refractivity contribution in [3.8, 4) is 5.75 Å². The van der Waals surface area contributed by atoms with Crippen LogP contribution in [0.5, 0.6) is 5.75 Å². The van der Waals surface area contributed by atoms with Gasteiger partial charge in [0.25, 0.3) is 0 Å². The molecule has 0 bridgehead atoms. The van der Waals surface area contributed by atoms with Crippen LogP contribution in [0.25, 0.3) is 0 Å². The monoisotopic (exact) mass is 300 g/mol. The highest BCUT2D eigenvalue weighted by atomic mass is 32.2. The molecule has 1 aliphatic rings. The van der Waals surface area contributed by atoms with E-state index in [0.29, 0.717) is 37.5 Å². The fourth-order valence-corrected chi connectivity index (χ4v) is 3.17. The average molecular weight is 300 g/mol. The molecule has 1 aromatic carbocycles. The van der Waals surface area contributed by atoms with Gasteiger partial charge in [-0.1, -0.05) is 12.1 Å². The van der Waals surface area contributed by atoms with Gasteiger partial charge in [-0.3, -0.25) is 0 Å². The summed E-state index contributed by atoms with van der Waals surface area (Å²) >= 11 is 0. The van der Waals surface area contributed by atoms with E-state index < -0.39 is 10.0 Å². The van der Waals surface area contributed by atoms with Gasteiger partial charge in [0, 0.05) is 19.3 Å². The van der Waals surface area contributed by atoms with E-state index in [2.05, 4.69) is 4.72 Å². The summed E-state index contributed by atoms with van der Waals surface area (Å²) in [6, 6.07) is 6.99. The van der Waals surface area contributed by atoms with Crippen LogP contribution in [0.2, 0.25) is 0 Å². The Morgan fingerprint density at radius 3 is 2.70 bits per heavy atom. The molecule has 0 atom stereocenters. The summed E-state index contributed by atoms with van der Waals surface area (Å²) in [5, 5.41) is 0. The molecule has 0 radical (unpaired) electrons. The zero-order valence-corrected chi connectivity index (χ0v) is 12.1. The molecule has 20 heavy (non-hydrogen) atoms. The summed E-state index contributed by atoms with van der Waals surface area (Å²) in [4.78, 5) is 0. The van der Waals surface area contributed by atoms with Gasteiger partial charge in [0.2, 0.25) is 10.0 Å². The molecular weight excluding hydrogens is 280 g/mol. The van der Waals surface area contributed by atoms with Gasteiger partial charge < -0.3 is 15.2 Å². The molecular formula is C13H20N2O4S. The van der Waals surface area contributed by atoms with Crippen LogP contribution < -0.4 is 15.2 Å². The zero-order chi connectivity index (χ0) is 14.4. The second-order valence-electron chi connectivity index (χ2n) is 4.71. The van der Waals surface area contributed by atoms with Crippen molar-refractivity contribution < 1.29 is 17.9 Å². The lowest BCUT2D eigenvalue weighted by atomic mass is 10.1. The minimum atomic E-state index is -3.34. The number of nitrogens with one attached hydrogen (secondary N) is 1. The summed E-state index contributed by atoms with van der Waals surface area (Å²) in [6.45, 7) is 1.28. The Bertz CT molecular complexity index is 527. The topological polar surface area (TPSA) is 90.7 Å². The number of ether oxygens (including phenoxy) is 2. The van der Waals surface area contributed by atoms with Gasteiger partial charge in [-0.2, -0.15) is 0 Å². The lowest BCUT2D eigenvalue weighted by molar-refractivity contribution is 0.0832. The average Bonchev–Trinajstić information content (AvgIpc) is 2.41. The largest absolute Gasteiger partial charge is 0.490 e. The van der Waals surface area contributed by atoms with Crippen molar-refractivity contribution in [2.24, 2.45) is 0 Å². The summed E-state index contributed by atoms with van der Waals surface area (Å²) in [5.74, 6) is 0.423. The van der Waals surface area contributed by atoms with Crippen molar-refractivity contribution in [2.45, 2.75) is 18.9 Å². The highest BCUT2D eigenvalue weighted by molar-refractivity contribution is 7.89. The zero-order valence-electron chi connectivity index (χ0n) is 11.2. The highest BCUT2D eigenvalue weighted by Crippen LogP contribution is 2.19. The third-order valence-electron chi connectivity index (χ3n) is 3.10. The van der Waals surface area contributed by atoms with Gasteiger partial charge in [-0.25, -0.2) is 13.1 Å². The van der Waals surface area contributed by atoms with Crippen LogP contribution in [0.15, 0.2) is 24.3 Å². The Kier molecular flexibility index (Phi) is 5.22. The number of rotatable bonds is 6. The molecule has 0 amide bonds. The SMILES string of the molecule is Nc1ccccc1OCCS(=O)(=O)NC1CCOCC1. The first kappa shape index (κ1) is 15.1. The molecule has 1 saturated heterocycles. The number of sulfonamides is 1. The van der Waals surface area contributed by atoms with E-state index in [0.717, 1.165) is 0 Å². The van der Waals surface area contributed by atoms with Crippen LogP contribution in [0.4, 0.5) is 5.69 Å². The van der Waals surface area contributed by atoms with Crippen molar-refractivity contribution in [2.75, 3.05) is 31.3 Å². The smallest absolute Gasteiger partial charge is 0.215 e. The van der Waals surface area contributed by atoms with E-state index in [9.17, 15) is 8.42 Å². The van der Waals surface area contributed by atoms with E-state index in [1.54, 1.807) is 24.3 Å². The fraction of sp³-hybridized carbons (Fsp3) is 0.538. The summed E-state index contributed by atoms with van der Waals surface area (Å²) in [6.07, 6.45) is 1.43. The second kappa shape index (κ2) is 6.92. The second-order valence-corrected chi connectivity index (χ2v) is 6.58. The van der Waals surface area contributed by atoms with E-state index in [-0.39, 0.29) is 18.4 Å². The third-order valence-corrected chi connectivity index (χ3v) is 4.49. The molecule has 1 fully saturated rings. The van der Waals surface area contributed by atoms with Gasteiger partial charge in [0.1, 0.15) is 12.4 Å². The molecule has 3 N–H and O–H groups in total. The van der Waals surface area contributed by atoms with Crippen LogP contribution in [0, 0.1) is 0 Å². The van der Waals surface area contributed by atoms with Gasteiger partial charge in [-0.05, 0) is 25.0 Å². The number of hydrogen-bond donors (Lipinski definition) is 2. The van der Waals surface area contributed by atoms with Gasteiger partial charge >= 0.3 is 0 Å². The summed E-state index contributed by atoms with van der Waals surface area (Å²) in [7, 11) is -3.34. The number of hydrogen-bond acceptors (Lipinski definition) is 5. The van der Waals surface area contributed by atoms with Crippen LogP contribution in [0.1, 0.15) is 12.8 Å². The maximum absolute atomic E-state index is 11.9. The number of nitrogens with two attached hydrogens (primary N) is 1. The first-order valence-corrected chi connectivity index (χ1v) is 8.27. The molecule has 0 saturated carbocycles. The normalized spacial score (nSPS) is 17.0. The van der Waals surface area contributed by atoms with Crippen LogP contribution >= 0.6 is 0 Å². The quantitative estimate of drug-likeness (QED) is 0.756. The third kappa shape index (κ3) is 4.66. The maximum Gasteiger partial charge on any atom is 0.215 e. The molecule has 0 aliphatic carbocycles. The van der Waals surface area contributed by atoms with Crippen molar-refractivity contribution in [3.05, 3.63) is 24.3 Å². The lowest BCUT2D eigenvalue weighted by Gasteiger charge is -2.22. The molecule has 1 heterocycles. The fourth-order valence-electron chi connectivity index (χ4n) is 2.00. The Labute approximate surface area is 119 Å². The Balaban J connectivity index is 1.79. The first-order valence-electron chi connectivity index (χ1n) is 6.62. The lowest BCUT2D eigenvalue weighted by Crippen LogP contribution is -2.40. The molecule has 1 aromatic rings. The van der Waals surface area contributed by atoms with E-state index >= 15 is 0 Å². The molecule has 2 rings (SSSR count). The molecule has 0 aromatic heterocycles. The van der Waals surface area contributed by atoms with E-state index in [4.69, 9.17) is 15.2 Å². The maximum atomic E-state index is 11.9. The molecule has 1 aliphatic heterocycles. The minimum absolute atomic E-state index is 0.0319. The highest BCUT2D eigenvalue weighted by Gasteiger charge is 2.20. The Hall–Kier alpha value is -1.31. The van der Waals surface area contributed by atoms with E-state index in [1.165, 1.54) is 0 Å². The van der Waals surface area contributed by atoms with Gasteiger partial charge in [0.05, 0.1) is 11.4 Å². The first-order chi connectivity index (χ1) is 9.57. The van der Waals surface area contributed by atoms with Gasteiger partial charge in [0.15, 0.2) is 0 Å². The predicted octanol–water partition coefficient (Wildman–Crippen LogP) is 0.746. The molecule has 6 nitrogen and oxygen atoms in total. The Morgan fingerprint density at radius 1 is 1.30 bits per heavy atom.